The molecule has 0 N–H and O–H groups in total. The van der Waals surface area contributed by atoms with Crippen LogP contribution in [0.2, 0.25) is 0 Å². The van der Waals surface area contributed by atoms with Gasteiger partial charge in [0.2, 0.25) is 11.8 Å². The van der Waals surface area contributed by atoms with Crippen LogP contribution in [-0.2, 0) is 25.2 Å². The predicted molar refractivity (Wildman–Crippen MR) is 116 cm³/mol. The summed E-state index contributed by atoms with van der Waals surface area (Å²) >= 11 is 0. The Kier molecular flexibility index (Phi) is 6.35. The Balaban J connectivity index is 2.06. The molecule has 1 aromatic rings. The molecule has 4 nitrogen and oxygen atoms in total. The van der Waals surface area contributed by atoms with Crippen LogP contribution in [-0.4, -0.2) is 36.0 Å². The topological polar surface area (TPSA) is 46.6 Å². The van der Waals surface area contributed by atoms with Crippen LogP contribution < -0.4 is 4.90 Å². The van der Waals surface area contributed by atoms with E-state index >= 15 is 0 Å². The van der Waals surface area contributed by atoms with Crippen molar-refractivity contribution < 1.29 is 14.3 Å². The van der Waals surface area contributed by atoms with E-state index in [1.54, 1.807) is 7.11 Å². The summed E-state index contributed by atoms with van der Waals surface area (Å²) in [5, 5.41) is 0.997. The number of amides is 2. The van der Waals surface area contributed by atoms with Crippen molar-refractivity contribution in [2.75, 3.05) is 18.6 Å². The fourth-order valence-electron chi connectivity index (χ4n) is 4.94. The highest BCUT2D eigenvalue weighted by molar-refractivity contribution is 8.01. The lowest BCUT2D eigenvalue weighted by Gasteiger charge is -2.34. The number of allylic oxidation sites excluding steroid dienone is 1. The average molecular weight is 403 g/mol. The molecule has 0 aromatic heterocycles. The first-order chi connectivity index (χ1) is 13.3. The monoisotopic (exact) mass is 402 g/mol. The van der Waals surface area contributed by atoms with Gasteiger partial charge in [-0.05, 0) is 58.7 Å². The highest BCUT2D eigenvalue weighted by Crippen LogP contribution is 2.49. The maximum absolute atomic E-state index is 13.5. The Morgan fingerprint density at radius 1 is 1.07 bits per heavy atom. The average Bonchev–Trinajstić information content (AvgIpc) is 2.88. The summed E-state index contributed by atoms with van der Waals surface area (Å²) in [7, 11) is 1.74. The minimum Gasteiger partial charge on any atom is -0.384 e. The number of para-hydroxylation sites is 1. The van der Waals surface area contributed by atoms with Gasteiger partial charge in [-0.15, -0.1) is 0 Å². The minimum atomic E-state index is -0.321. The van der Waals surface area contributed by atoms with Crippen LogP contribution in [0.25, 0.3) is 0 Å². The van der Waals surface area contributed by atoms with Gasteiger partial charge in [-0.3, -0.25) is 14.5 Å². The van der Waals surface area contributed by atoms with Crippen molar-refractivity contribution in [1.29, 1.82) is 0 Å². The Labute approximate surface area is 171 Å². The summed E-state index contributed by atoms with van der Waals surface area (Å²) in [6, 6.07) is 9.32. The number of nitrogens with zero attached hydrogens (tertiary/aromatic N) is 1. The molecule has 2 amide bonds. The van der Waals surface area contributed by atoms with Gasteiger partial charge in [0.25, 0.3) is 0 Å². The number of carbonyl (C=O) groups is 2. The molecule has 1 saturated heterocycles. The van der Waals surface area contributed by atoms with Crippen LogP contribution in [0.3, 0.4) is 0 Å². The van der Waals surface area contributed by atoms with Crippen LogP contribution in [0, 0.1) is 17.8 Å². The van der Waals surface area contributed by atoms with Gasteiger partial charge in [0, 0.05) is 18.0 Å². The zero-order valence-electron chi connectivity index (χ0n) is 17.8. The van der Waals surface area contributed by atoms with Gasteiger partial charge in [-0.1, -0.05) is 18.2 Å². The number of rotatable bonds is 6. The highest BCUT2D eigenvalue weighted by Gasteiger charge is 2.58. The van der Waals surface area contributed by atoms with E-state index in [1.165, 1.54) is 15.4 Å². The van der Waals surface area contributed by atoms with Gasteiger partial charge in [0.15, 0.2) is 0 Å². The number of imide groups is 1. The first kappa shape index (κ1) is 21.1. The molecule has 1 aromatic carbocycles. The Bertz CT molecular complexity index is 763. The second-order valence-corrected chi connectivity index (χ2v) is 11.4. The zero-order valence-corrected chi connectivity index (χ0v) is 18.6. The molecule has 3 atom stereocenters. The van der Waals surface area contributed by atoms with Crippen molar-refractivity contribution in [3.05, 3.63) is 40.8 Å². The van der Waals surface area contributed by atoms with Gasteiger partial charge in [-0.2, -0.15) is 0 Å². The molecule has 152 valence electrons. The lowest BCUT2D eigenvalue weighted by molar-refractivity contribution is -0.123. The summed E-state index contributed by atoms with van der Waals surface area (Å²) in [5.41, 5.74) is 1.96. The zero-order chi connectivity index (χ0) is 20.6. The van der Waals surface area contributed by atoms with Crippen LogP contribution in [0.5, 0.6) is 0 Å². The maximum Gasteiger partial charge on any atom is 0.238 e. The molecule has 0 radical (unpaired) electrons. The maximum atomic E-state index is 13.5. The molecule has 28 heavy (non-hydrogen) atoms. The van der Waals surface area contributed by atoms with Gasteiger partial charge < -0.3 is 4.74 Å². The van der Waals surface area contributed by atoms with E-state index in [4.69, 9.17) is 4.74 Å². The number of carbonyl (C=O) groups excluding carboxylic acids is 2. The normalized spacial score (nSPS) is 25.5. The molecule has 3 rings (SSSR count). The molecule has 0 bridgehead atoms. The molecule has 0 spiro atoms. The number of fused-ring (bicyclic) bond motifs is 1. The van der Waals surface area contributed by atoms with E-state index in [2.05, 4.69) is 34.6 Å². The van der Waals surface area contributed by atoms with Crippen molar-refractivity contribution in [3.8, 4) is 0 Å². The van der Waals surface area contributed by atoms with Crippen LogP contribution in [0.1, 0.15) is 41.0 Å². The van der Waals surface area contributed by atoms with Gasteiger partial charge in [-0.25, -0.2) is 0 Å². The molecule has 2 aliphatic rings. The van der Waals surface area contributed by atoms with Crippen molar-refractivity contribution in [3.63, 3.8) is 0 Å². The molecule has 3 unspecified atom stereocenters. The fraction of sp³-hybridized carbons (Fsp3) is 0.565. The van der Waals surface area contributed by atoms with E-state index in [0.717, 1.165) is 0 Å². The van der Waals surface area contributed by atoms with Gasteiger partial charge in [0.05, 0.1) is 30.0 Å². The van der Waals surface area contributed by atoms with E-state index in [-0.39, 0.29) is 40.5 Å². The van der Waals surface area contributed by atoms with Crippen molar-refractivity contribution in [2.45, 2.75) is 51.5 Å². The van der Waals surface area contributed by atoms with E-state index in [0.29, 0.717) is 29.2 Å². The van der Waals surface area contributed by atoms with Crippen LogP contribution in [0.4, 0.5) is 5.69 Å². The van der Waals surface area contributed by atoms with Crippen LogP contribution in [0.15, 0.2) is 40.8 Å². The number of benzene rings is 1. The Hall–Kier alpha value is -1.59. The lowest BCUT2D eigenvalue weighted by Crippen LogP contribution is -2.41. The fourth-order valence-corrected chi connectivity index (χ4v) is 8.10. The van der Waals surface area contributed by atoms with E-state index in [1.807, 2.05) is 30.3 Å². The predicted octanol–water partition coefficient (Wildman–Crippen LogP) is 4.17. The molecule has 1 fully saturated rings. The lowest BCUT2D eigenvalue weighted by atomic mass is 9.75. The molecule has 0 saturated carbocycles. The molecular formula is C23H32NO3S+. The summed E-state index contributed by atoms with van der Waals surface area (Å²) in [4.78, 5) is 29.5. The third-order valence-electron chi connectivity index (χ3n) is 5.82. The van der Waals surface area contributed by atoms with Crippen molar-refractivity contribution >= 4 is 28.4 Å². The van der Waals surface area contributed by atoms with Crippen molar-refractivity contribution in [2.24, 2.45) is 17.8 Å². The Morgan fingerprint density at radius 3 is 2.21 bits per heavy atom. The molecule has 1 aliphatic heterocycles. The van der Waals surface area contributed by atoms with Gasteiger partial charge >= 0.3 is 0 Å². The summed E-state index contributed by atoms with van der Waals surface area (Å²) in [6.45, 7) is 11.7. The first-order valence-electron chi connectivity index (χ1n) is 10.1. The second-order valence-electron chi connectivity index (χ2n) is 8.36. The molecule has 5 heteroatoms. The summed E-state index contributed by atoms with van der Waals surface area (Å²) < 4.78 is 5.59. The SMILES string of the molecule is COCC1C([S+](C(C)C)C(C)C)=C(C)CC2C(=O)N(c3ccccc3)C(=O)C21. The number of methoxy groups -OCH3 is 1. The number of anilines is 1. The summed E-state index contributed by atoms with van der Waals surface area (Å²) in [5.74, 6) is -0.749. The quantitative estimate of drug-likeness (QED) is 0.530. The highest BCUT2D eigenvalue weighted by atomic mass is 32.2. The summed E-state index contributed by atoms with van der Waals surface area (Å²) in [6.07, 6.45) is 0.678. The van der Waals surface area contributed by atoms with E-state index in [9.17, 15) is 9.59 Å². The molecule has 1 heterocycles. The number of ether oxygens (including phenoxy) is 1. The third kappa shape index (κ3) is 3.55. The minimum absolute atomic E-state index is 0.0259. The first-order valence-corrected chi connectivity index (χ1v) is 11.5. The third-order valence-corrected chi connectivity index (χ3v) is 9.01. The molecule has 1 aliphatic carbocycles. The van der Waals surface area contributed by atoms with Gasteiger partial charge in [0.1, 0.15) is 15.4 Å². The smallest absolute Gasteiger partial charge is 0.238 e. The van der Waals surface area contributed by atoms with Crippen LogP contribution >= 0.6 is 0 Å². The largest absolute Gasteiger partial charge is 0.384 e. The second kappa shape index (κ2) is 8.42. The number of hydrogen-bond donors (Lipinski definition) is 0. The molecular weight excluding hydrogens is 370 g/mol. The Morgan fingerprint density at radius 2 is 1.68 bits per heavy atom. The standard InChI is InChI=1S/C23H32NO3S/c1-14(2)28(15(3)4)21-16(5)12-18-20(19(21)13-27-6)23(26)24(22(18)25)17-10-8-7-9-11-17/h7-11,14-15,18-20H,12-13H2,1-6H3/q+1. The number of hydrogen-bond acceptors (Lipinski definition) is 3. The van der Waals surface area contributed by atoms with E-state index < -0.39 is 0 Å². The van der Waals surface area contributed by atoms with Crippen molar-refractivity contribution in [1.82, 2.24) is 0 Å².